The van der Waals surface area contributed by atoms with Crippen molar-refractivity contribution in [2.75, 3.05) is 0 Å². The van der Waals surface area contributed by atoms with Crippen LogP contribution >= 0.6 is 0 Å². The lowest BCUT2D eigenvalue weighted by atomic mass is 10.1. The van der Waals surface area contributed by atoms with Crippen molar-refractivity contribution in [3.8, 4) is 11.6 Å². The number of nitrogens with two attached hydrogens (primary N) is 1. The Hall–Kier alpha value is -2.40. The molecule has 5 nitrogen and oxygen atoms in total. The topological polar surface area (TPSA) is 65.4 Å². The average molecular weight is 282 g/mol. The molecule has 21 heavy (non-hydrogen) atoms. The number of imidazole rings is 1. The number of nitrogens with zero attached hydrogens (tertiary/aromatic N) is 3. The highest BCUT2D eigenvalue weighted by Crippen LogP contribution is 2.26. The van der Waals surface area contributed by atoms with Crippen LogP contribution in [-0.4, -0.2) is 20.4 Å². The van der Waals surface area contributed by atoms with Gasteiger partial charge < -0.3 is 14.9 Å². The molecule has 3 heterocycles. The van der Waals surface area contributed by atoms with Crippen LogP contribution in [0.1, 0.15) is 19.0 Å². The molecule has 2 N–H and O–H groups in total. The van der Waals surface area contributed by atoms with Crippen molar-refractivity contribution < 1.29 is 4.74 Å². The van der Waals surface area contributed by atoms with Gasteiger partial charge in [-0.1, -0.05) is 13.0 Å². The Bertz CT molecular complexity index is 723. The summed E-state index contributed by atoms with van der Waals surface area (Å²) in [5, 5.41) is 0. The smallest absolute Gasteiger partial charge is 0.241 e. The summed E-state index contributed by atoms with van der Waals surface area (Å²) >= 11 is 0. The van der Waals surface area contributed by atoms with Gasteiger partial charge in [-0.05, 0) is 30.7 Å². The number of ether oxygens (including phenoxy) is 1. The van der Waals surface area contributed by atoms with Gasteiger partial charge in [0.25, 0.3) is 0 Å². The maximum absolute atomic E-state index is 6.11. The van der Waals surface area contributed by atoms with Crippen molar-refractivity contribution in [3.05, 3.63) is 54.6 Å². The van der Waals surface area contributed by atoms with E-state index in [1.54, 1.807) is 12.4 Å². The predicted molar refractivity (Wildman–Crippen MR) is 81.5 cm³/mol. The zero-order chi connectivity index (χ0) is 14.7. The predicted octanol–water partition coefficient (Wildman–Crippen LogP) is 2.80. The van der Waals surface area contributed by atoms with Crippen LogP contribution in [0.15, 0.2) is 48.9 Å². The summed E-state index contributed by atoms with van der Waals surface area (Å²) in [6.45, 7) is 2.08. The Morgan fingerprint density at radius 3 is 2.95 bits per heavy atom. The van der Waals surface area contributed by atoms with Crippen molar-refractivity contribution >= 4 is 5.65 Å². The number of pyridine rings is 2. The second-order valence-electron chi connectivity index (χ2n) is 4.96. The summed E-state index contributed by atoms with van der Waals surface area (Å²) in [7, 11) is 0. The minimum atomic E-state index is 0.0846. The molecule has 0 aliphatic rings. The van der Waals surface area contributed by atoms with E-state index in [2.05, 4.69) is 16.9 Å². The maximum atomic E-state index is 6.11. The molecule has 0 radical (unpaired) electrons. The first-order valence-corrected chi connectivity index (χ1v) is 7.07. The minimum absolute atomic E-state index is 0.0846. The number of hydrogen-bond acceptors (Lipinski definition) is 4. The van der Waals surface area contributed by atoms with Crippen LogP contribution in [0.4, 0.5) is 0 Å². The van der Waals surface area contributed by atoms with Crippen molar-refractivity contribution in [1.29, 1.82) is 0 Å². The summed E-state index contributed by atoms with van der Waals surface area (Å²) < 4.78 is 7.92. The third-order valence-electron chi connectivity index (χ3n) is 3.42. The largest absolute Gasteiger partial charge is 0.436 e. The SMILES string of the molecule is CCC(N)Cc1c(Oc2cccnc2)nc2ccccn12. The fourth-order valence-corrected chi connectivity index (χ4v) is 2.20. The summed E-state index contributed by atoms with van der Waals surface area (Å²) in [4.78, 5) is 8.61. The van der Waals surface area contributed by atoms with Crippen LogP contribution in [0.2, 0.25) is 0 Å². The standard InChI is InChI=1S/C16H18N4O/c1-2-12(17)10-14-16(21-13-6-5-8-18-11-13)19-15-7-3-4-9-20(14)15/h3-9,11-12H,2,10,17H2,1H3. The molecule has 108 valence electrons. The van der Waals surface area contributed by atoms with E-state index in [0.29, 0.717) is 11.6 Å². The molecule has 0 saturated heterocycles. The Balaban J connectivity index is 2.02. The van der Waals surface area contributed by atoms with Crippen LogP contribution in [0.5, 0.6) is 11.6 Å². The number of rotatable bonds is 5. The quantitative estimate of drug-likeness (QED) is 0.781. The van der Waals surface area contributed by atoms with Gasteiger partial charge in [0, 0.05) is 24.9 Å². The van der Waals surface area contributed by atoms with Gasteiger partial charge in [0.05, 0.1) is 11.9 Å². The van der Waals surface area contributed by atoms with Gasteiger partial charge in [0.1, 0.15) is 11.4 Å². The fourth-order valence-electron chi connectivity index (χ4n) is 2.20. The lowest BCUT2D eigenvalue weighted by Crippen LogP contribution is -2.22. The maximum Gasteiger partial charge on any atom is 0.241 e. The van der Waals surface area contributed by atoms with Gasteiger partial charge in [-0.15, -0.1) is 0 Å². The zero-order valence-corrected chi connectivity index (χ0v) is 11.9. The molecule has 0 aliphatic heterocycles. The Kier molecular flexibility index (Phi) is 3.83. The van der Waals surface area contributed by atoms with E-state index in [-0.39, 0.29) is 6.04 Å². The summed E-state index contributed by atoms with van der Waals surface area (Å²) in [6.07, 6.45) is 7.00. The highest BCUT2D eigenvalue weighted by Gasteiger charge is 2.16. The molecule has 3 rings (SSSR count). The van der Waals surface area contributed by atoms with E-state index in [1.807, 2.05) is 40.9 Å². The van der Waals surface area contributed by atoms with Crippen molar-refractivity contribution in [2.24, 2.45) is 5.73 Å². The highest BCUT2D eigenvalue weighted by molar-refractivity contribution is 5.46. The van der Waals surface area contributed by atoms with Gasteiger partial charge in [0.15, 0.2) is 0 Å². The lowest BCUT2D eigenvalue weighted by molar-refractivity contribution is 0.453. The van der Waals surface area contributed by atoms with Crippen molar-refractivity contribution in [2.45, 2.75) is 25.8 Å². The summed E-state index contributed by atoms with van der Waals surface area (Å²) in [5.74, 6) is 1.27. The molecule has 0 fully saturated rings. The molecule has 0 aromatic carbocycles. The number of hydrogen-bond donors (Lipinski definition) is 1. The molecule has 0 amide bonds. The monoisotopic (exact) mass is 282 g/mol. The van der Waals surface area contributed by atoms with Crippen LogP contribution in [0, 0.1) is 0 Å². The van der Waals surface area contributed by atoms with E-state index in [4.69, 9.17) is 10.5 Å². The molecule has 0 aliphatic carbocycles. The van der Waals surface area contributed by atoms with Crippen LogP contribution in [0.25, 0.3) is 5.65 Å². The van der Waals surface area contributed by atoms with Gasteiger partial charge in [0.2, 0.25) is 5.88 Å². The molecule has 0 spiro atoms. The summed E-state index contributed by atoms with van der Waals surface area (Å²) in [6, 6.07) is 9.67. The molecular weight excluding hydrogens is 264 g/mol. The van der Waals surface area contributed by atoms with E-state index >= 15 is 0 Å². The third kappa shape index (κ3) is 2.87. The number of fused-ring (bicyclic) bond motifs is 1. The lowest BCUT2D eigenvalue weighted by Gasteiger charge is -2.10. The first-order chi connectivity index (χ1) is 10.3. The molecule has 3 aromatic heterocycles. The van der Waals surface area contributed by atoms with Gasteiger partial charge >= 0.3 is 0 Å². The van der Waals surface area contributed by atoms with Gasteiger partial charge in [-0.2, -0.15) is 4.98 Å². The number of aromatic nitrogens is 3. The Morgan fingerprint density at radius 1 is 1.29 bits per heavy atom. The molecule has 5 heteroatoms. The van der Waals surface area contributed by atoms with Crippen LogP contribution in [0.3, 0.4) is 0 Å². The van der Waals surface area contributed by atoms with E-state index in [9.17, 15) is 0 Å². The van der Waals surface area contributed by atoms with Crippen molar-refractivity contribution in [1.82, 2.24) is 14.4 Å². The average Bonchev–Trinajstić information content (AvgIpc) is 2.86. The first kappa shape index (κ1) is 13.6. The van der Waals surface area contributed by atoms with Gasteiger partial charge in [-0.25, -0.2) is 0 Å². The second kappa shape index (κ2) is 5.93. The minimum Gasteiger partial charge on any atom is -0.436 e. The fraction of sp³-hybridized carbons (Fsp3) is 0.250. The van der Waals surface area contributed by atoms with Gasteiger partial charge in [-0.3, -0.25) is 4.98 Å². The second-order valence-corrected chi connectivity index (χ2v) is 4.96. The van der Waals surface area contributed by atoms with E-state index in [0.717, 1.165) is 24.2 Å². The van der Waals surface area contributed by atoms with E-state index in [1.165, 1.54) is 0 Å². The molecular formula is C16H18N4O. The zero-order valence-electron chi connectivity index (χ0n) is 11.9. The van der Waals surface area contributed by atoms with Crippen LogP contribution in [-0.2, 0) is 6.42 Å². The summed E-state index contributed by atoms with van der Waals surface area (Å²) in [5.41, 5.74) is 7.95. The molecule has 1 unspecified atom stereocenters. The van der Waals surface area contributed by atoms with Crippen LogP contribution < -0.4 is 10.5 Å². The van der Waals surface area contributed by atoms with Crippen molar-refractivity contribution in [3.63, 3.8) is 0 Å². The Morgan fingerprint density at radius 2 is 2.19 bits per heavy atom. The first-order valence-electron chi connectivity index (χ1n) is 7.07. The molecule has 1 atom stereocenters. The van der Waals surface area contributed by atoms with E-state index < -0.39 is 0 Å². The highest BCUT2D eigenvalue weighted by atomic mass is 16.5. The molecule has 0 saturated carbocycles. The normalized spacial score (nSPS) is 12.5. The molecule has 0 bridgehead atoms. The molecule has 3 aromatic rings. The third-order valence-corrected chi connectivity index (χ3v) is 3.42. The Labute approximate surface area is 123 Å².